The van der Waals surface area contributed by atoms with Gasteiger partial charge in [-0.15, -0.1) is 0 Å². The maximum atomic E-state index is 5.32. The number of hydrogen-bond donors (Lipinski definition) is 2. The van der Waals surface area contributed by atoms with Crippen molar-refractivity contribution in [2.24, 2.45) is 0 Å². The third-order valence-corrected chi connectivity index (χ3v) is 3.60. The first-order chi connectivity index (χ1) is 11.1. The highest BCUT2D eigenvalue weighted by Crippen LogP contribution is 2.23. The summed E-state index contributed by atoms with van der Waals surface area (Å²) in [5.41, 5.74) is 4.28. The number of anilines is 3. The fraction of sp³-hybridized carbons (Fsp3) is 0.222. The Morgan fingerprint density at radius 1 is 1.00 bits per heavy atom. The standard InChI is InChI=1S/C18H20N4O/c1-12-6-4-7-13(2)17(12)22-18-20-14(3)10-16(21-18)19-11-15-8-5-9-23-15/h4-10H,11H2,1-3H3,(H2,19,20,21,22). The van der Waals surface area contributed by atoms with Crippen LogP contribution in [0.15, 0.2) is 47.1 Å². The van der Waals surface area contributed by atoms with Crippen LogP contribution in [0.1, 0.15) is 22.6 Å². The Bertz CT molecular complexity index is 777. The molecule has 0 unspecified atom stereocenters. The minimum Gasteiger partial charge on any atom is -0.467 e. The molecule has 0 saturated carbocycles. The zero-order valence-electron chi connectivity index (χ0n) is 13.6. The monoisotopic (exact) mass is 308 g/mol. The number of para-hydroxylation sites is 1. The third-order valence-electron chi connectivity index (χ3n) is 3.60. The van der Waals surface area contributed by atoms with Crippen molar-refractivity contribution in [2.45, 2.75) is 27.3 Å². The topological polar surface area (TPSA) is 63.0 Å². The molecule has 3 aromatic rings. The Labute approximate surface area is 135 Å². The first-order valence-electron chi connectivity index (χ1n) is 7.57. The van der Waals surface area contributed by atoms with E-state index in [1.165, 1.54) is 11.1 Å². The summed E-state index contributed by atoms with van der Waals surface area (Å²) < 4.78 is 5.32. The van der Waals surface area contributed by atoms with E-state index in [4.69, 9.17) is 4.42 Å². The maximum Gasteiger partial charge on any atom is 0.229 e. The van der Waals surface area contributed by atoms with E-state index in [0.717, 1.165) is 23.0 Å². The van der Waals surface area contributed by atoms with E-state index in [-0.39, 0.29) is 0 Å². The van der Waals surface area contributed by atoms with E-state index in [1.807, 2.05) is 31.2 Å². The first-order valence-corrected chi connectivity index (χ1v) is 7.57. The summed E-state index contributed by atoms with van der Waals surface area (Å²) in [5, 5.41) is 6.59. The number of nitrogens with zero attached hydrogens (tertiary/aromatic N) is 2. The molecule has 5 nitrogen and oxygen atoms in total. The Kier molecular flexibility index (Phi) is 4.28. The second kappa shape index (κ2) is 6.52. The number of aromatic nitrogens is 2. The molecule has 23 heavy (non-hydrogen) atoms. The van der Waals surface area contributed by atoms with E-state index in [9.17, 15) is 0 Å². The number of hydrogen-bond acceptors (Lipinski definition) is 5. The predicted molar refractivity (Wildman–Crippen MR) is 92.0 cm³/mol. The molecule has 5 heteroatoms. The van der Waals surface area contributed by atoms with Crippen molar-refractivity contribution >= 4 is 17.5 Å². The van der Waals surface area contributed by atoms with Gasteiger partial charge in [-0.2, -0.15) is 4.98 Å². The lowest BCUT2D eigenvalue weighted by atomic mass is 10.1. The van der Waals surface area contributed by atoms with Crippen molar-refractivity contribution in [3.05, 3.63) is 65.2 Å². The van der Waals surface area contributed by atoms with Crippen LogP contribution >= 0.6 is 0 Å². The van der Waals surface area contributed by atoms with Crippen LogP contribution < -0.4 is 10.6 Å². The van der Waals surface area contributed by atoms with Crippen molar-refractivity contribution in [1.82, 2.24) is 9.97 Å². The summed E-state index contributed by atoms with van der Waals surface area (Å²) in [6, 6.07) is 11.9. The lowest BCUT2D eigenvalue weighted by molar-refractivity contribution is 0.518. The lowest BCUT2D eigenvalue weighted by Gasteiger charge is -2.13. The molecule has 0 aliphatic rings. The number of rotatable bonds is 5. The van der Waals surface area contributed by atoms with Crippen LogP contribution in [0.3, 0.4) is 0 Å². The molecular formula is C18H20N4O. The molecule has 0 spiro atoms. The van der Waals surface area contributed by atoms with Crippen molar-refractivity contribution in [2.75, 3.05) is 10.6 Å². The molecule has 1 aromatic carbocycles. The molecule has 3 rings (SSSR count). The zero-order chi connectivity index (χ0) is 16.2. The van der Waals surface area contributed by atoms with Gasteiger partial charge in [0, 0.05) is 17.4 Å². The van der Waals surface area contributed by atoms with Crippen LogP contribution in [-0.4, -0.2) is 9.97 Å². The number of benzene rings is 1. The maximum absolute atomic E-state index is 5.32. The van der Waals surface area contributed by atoms with E-state index in [2.05, 4.69) is 46.6 Å². The predicted octanol–water partition coefficient (Wildman–Crippen LogP) is 4.35. The summed E-state index contributed by atoms with van der Waals surface area (Å²) in [4.78, 5) is 9.01. The number of furan rings is 1. The quantitative estimate of drug-likeness (QED) is 0.733. The van der Waals surface area contributed by atoms with Crippen molar-refractivity contribution in [3.63, 3.8) is 0 Å². The van der Waals surface area contributed by atoms with Gasteiger partial charge >= 0.3 is 0 Å². The minimum atomic E-state index is 0.587. The summed E-state index contributed by atoms with van der Waals surface area (Å²) in [6.45, 7) is 6.68. The molecule has 2 aromatic heterocycles. The number of nitrogens with one attached hydrogen (secondary N) is 2. The van der Waals surface area contributed by atoms with Crippen LogP contribution in [-0.2, 0) is 6.54 Å². The van der Waals surface area contributed by atoms with E-state index < -0.39 is 0 Å². The van der Waals surface area contributed by atoms with Gasteiger partial charge in [-0.25, -0.2) is 4.98 Å². The van der Waals surface area contributed by atoms with Crippen LogP contribution in [0.4, 0.5) is 17.5 Å². The summed E-state index contributed by atoms with van der Waals surface area (Å²) >= 11 is 0. The van der Waals surface area contributed by atoms with Gasteiger partial charge < -0.3 is 15.1 Å². The highest BCUT2D eigenvalue weighted by molar-refractivity contribution is 5.63. The first kappa shape index (κ1) is 15.1. The average Bonchev–Trinajstić information content (AvgIpc) is 3.02. The summed E-state index contributed by atoms with van der Waals surface area (Å²) in [7, 11) is 0. The fourth-order valence-electron chi connectivity index (χ4n) is 2.43. The van der Waals surface area contributed by atoms with Crippen molar-refractivity contribution in [1.29, 1.82) is 0 Å². The Balaban J connectivity index is 1.80. The molecule has 0 aliphatic carbocycles. The van der Waals surface area contributed by atoms with Gasteiger partial charge in [0.2, 0.25) is 5.95 Å². The van der Waals surface area contributed by atoms with Crippen molar-refractivity contribution < 1.29 is 4.42 Å². The summed E-state index contributed by atoms with van der Waals surface area (Å²) in [5.74, 6) is 2.22. The van der Waals surface area contributed by atoms with Crippen LogP contribution in [0.25, 0.3) is 0 Å². The second-order valence-corrected chi connectivity index (χ2v) is 5.54. The molecule has 0 saturated heterocycles. The molecule has 0 aliphatic heterocycles. The molecule has 0 amide bonds. The lowest BCUT2D eigenvalue weighted by Crippen LogP contribution is -2.06. The van der Waals surface area contributed by atoms with Gasteiger partial charge in [0.15, 0.2) is 0 Å². The van der Waals surface area contributed by atoms with Gasteiger partial charge in [-0.05, 0) is 44.0 Å². The molecule has 118 valence electrons. The molecule has 0 fully saturated rings. The Morgan fingerprint density at radius 2 is 1.78 bits per heavy atom. The van der Waals surface area contributed by atoms with Gasteiger partial charge in [-0.1, -0.05) is 18.2 Å². The SMILES string of the molecule is Cc1cc(NCc2ccco2)nc(Nc2c(C)cccc2C)n1. The fourth-order valence-corrected chi connectivity index (χ4v) is 2.43. The highest BCUT2D eigenvalue weighted by Gasteiger charge is 2.07. The molecule has 2 heterocycles. The van der Waals surface area contributed by atoms with Gasteiger partial charge in [0.25, 0.3) is 0 Å². The van der Waals surface area contributed by atoms with E-state index >= 15 is 0 Å². The van der Waals surface area contributed by atoms with Crippen LogP contribution in [0.5, 0.6) is 0 Å². The van der Waals surface area contributed by atoms with Crippen molar-refractivity contribution in [3.8, 4) is 0 Å². The molecule has 0 radical (unpaired) electrons. The average molecular weight is 308 g/mol. The van der Waals surface area contributed by atoms with Crippen LogP contribution in [0.2, 0.25) is 0 Å². The Morgan fingerprint density at radius 3 is 2.48 bits per heavy atom. The molecule has 0 atom stereocenters. The smallest absolute Gasteiger partial charge is 0.229 e. The van der Waals surface area contributed by atoms with Gasteiger partial charge in [0.05, 0.1) is 12.8 Å². The van der Waals surface area contributed by atoms with Gasteiger partial charge in [0.1, 0.15) is 11.6 Å². The molecule has 2 N–H and O–H groups in total. The third kappa shape index (κ3) is 3.69. The Hall–Kier alpha value is -2.82. The second-order valence-electron chi connectivity index (χ2n) is 5.54. The minimum absolute atomic E-state index is 0.587. The normalized spacial score (nSPS) is 10.6. The molecular weight excluding hydrogens is 288 g/mol. The van der Waals surface area contributed by atoms with E-state index in [1.54, 1.807) is 6.26 Å². The zero-order valence-corrected chi connectivity index (χ0v) is 13.6. The molecule has 0 bridgehead atoms. The summed E-state index contributed by atoms with van der Waals surface area (Å²) in [6.07, 6.45) is 1.66. The number of aryl methyl sites for hydroxylation is 3. The van der Waals surface area contributed by atoms with Gasteiger partial charge in [-0.3, -0.25) is 0 Å². The highest BCUT2D eigenvalue weighted by atomic mass is 16.3. The van der Waals surface area contributed by atoms with E-state index in [0.29, 0.717) is 12.5 Å². The largest absolute Gasteiger partial charge is 0.467 e. The van der Waals surface area contributed by atoms with Crippen LogP contribution in [0, 0.1) is 20.8 Å².